The molecular weight excluding hydrogens is 216 g/mol. The summed E-state index contributed by atoms with van der Waals surface area (Å²) in [5, 5.41) is 3.21. The number of rotatable bonds is 7. The van der Waals surface area contributed by atoms with Crippen molar-refractivity contribution in [3.63, 3.8) is 0 Å². The second-order valence-corrected chi connectivity index (χ2v) is 4.12. The highest BCUT2D eigenvalue weighted by Gasteiger charge is 2.11. The van der Waals surface area contributed by atoms with E-state index in [9.17, 15) is 0 Å². The molecule has 0 aliphatic rings. The third-order valence-corrected chi connectivity index (χ3v) is 2.35. The van der Waals surface area contributed by atoms with E-state index in [0.29, 0.717) is 13.2 Å². The van der Waals surface area contributed by atoms with E-state index in [4.69, 9.17) is 9.47 Å². The average Bonchev–Trinajstić information content (AvgIpc) is 2.30. The molecule has 17 heavy (non-hydrogen) atoms. The van der Waals surface area contributed by atoms with E-state index in [1.807, 2.05) is 40.1 Å². The molecule has 4 nitrogen and oxygen atoms in total. The van der Waals surface area contributed by atoms with Gasteiger partial charge in [0.05, 0.1) is 24.9 Å². The molecule has 0 aromatic carbocycles. The Hall–Kier alpha value is -1.13. The van der Waals surface area contributed by atoms with Gasteiger partial charge in [-0.1, -0.05) is 0 Å². The zero-order chi connectivity index (χ0) is 12.7. The number of hydrogen-bond donors (Lipinski definition) is 1. The van der Waals surface area contributed by atoms with Crippen molar-refractivity contribution in [1.29, 1.82) is 0 Å². The minimum Gasteiger partial charge on any atom is -0.489 e. The molecule has 0 bridgehead atoms. The molecule has 1 rings (SSSR count). The normalized spacial score (nSPS) is 12.8. The summed E-state index contributed by atoms with van der Waals surface area (Å²) in [4.78, 5) is 4.19. The molecule has 0 aliphatic heterocycles. The Morgan fingerprint density at radius 3 is 2.71 bits per heavy atom. The first-order valence-electron chi connectivity index (χ1n) is 6.04. The van der Waals surface area contributed by atoms with Gasteiger partial charge >= 0.3 is 0 Å². The van der Waals surface area contributed by atoms with Crippen molar-refractivity contribution in [3.8, 4) is 5.75 Å². The van der Waals surface area contributed by atoms with Crippen LogP contribution in [-0.2, 0) is 4.74 Å². The van der Waals surface area contributed by atoms with Crippen LogP contribution < -0.4 is 10.1 Å². The van der Waals surface area contributed by atoms with Crippen LogP contribution in [0.15, 0.2) is 18.5 Å². The van der Waals surface area contributed by atoms with Gasteiger partial charge in [0.15, 0.2) is 0 Å². The molecule has 1 aromatic heterocycles. The minimum absolute atomic E-state index is 0.151. The Labute approximate surface area is 103 Å². The maximum atomic E-state index is 5.62. The fraction of sp³-hybridized carbons (Fsp3) is 0.615. The predicted molar refractivity (Wildman–Crippen MR) is 68.3 cm³/mol. The molecule has 1 heterocycles. The third kappa shape index (κ3) is 4.71. The maximum absolute atomic E-state index is 5.62. The summed E-state index contributed by atoms with van der Waals surface area (Å²) >= 11 is 0. The first-order chi connectivity index (χ1) is 8.17. The first kappa shape index (κ1) is 13.9. The van der Waals surface area contributed by atoms with Crippen LogP contribution in [0.3, 0.4) is 0 Å². The van der Waals surface area contributed by atoms with Crippen LogP contribution in [0.5, 0.6) is 5.75 Å². The number of pyridine rings is 1. The quantitative estimate of drug-likeness (QED) is 0.790. The van der Waals surface area contributed by atoms with Gasteiger partial charge in [0.2, 0.25) is 0 Å². The Morgan fingerprint density at radius 2 is 2.12 bits per heavy atom. The summed E-state index contributed by atoms with van der Waals surface area (Å²) in [6, 6.07) is 2.16. The van der Waals surface area contributed by atoms with E-state index in [2.05, 4.69) is 10.3 Å². The van der Waals surface area contributed by atoms with Crippen molar-refractivity contribution in [2.75, 3.05) is 20.3 Å². The summed E-state index contributed by atoms with van der Waals surface area (Å²) < 4.78 is 11.1. The molecule has 0 fully saturated rings. The number of nitrogens with one attached hydrogen (secondary N) is 1. The molecule has 1 unspecified atom stereocenters. The van der Waals surface area contributed by atoms with Crippen molar-refractivity contribution < 1.29 is 9.47 Å². The molecule has 0 amide bonds. The molecule has 0 aliphatic carbocycles. The van der Waals surface area contributed by atoms with Gasteiger partial charge in [0.25, 0.3) is 0 Å². The van der Waals surface area contributed by atoms with Crippen LogP contribution in [0.2, 0.25) is 0 Å². The molecule has 0 saturated heterocycles. The van der Waals surface area contributed by atoms with Crippen molar-refractivity contribution in [1.82, 2.24) is 10.3 Å². The molecule has 1 N–H and O–H groups in total. The first-order valence-corrected chi connectivity index (χ1v) is 6.04. The van der Waals surface area contributed by atoms with Crippen molar-refractivity contribution in [2.45, 2.75) is 32.9 Å². The van der Waals surface area contributed by atoms with Gasteiger partial charge in [0.1, 0.15) is 5.75 Å². The van der Waals surface area contributed by atoms with Gasteiger partial charge in [-0.25, -0.2) is 0 Å². The Morgan fingerprint density at radius 1 is 1.35 bits per heavy atom. The van der Waals surface area contributed by atoms with Crippen LogP contribution in [0.4, 0.5) is 0 Å². The van der Waals surface area contributed by atoms with E-state index < -0.39 is 0 Å². The summed E-state index contributed by atoms with van der Waals surface area (Å²) in [5.74, 6) is 0.800. The standard InChI is InChI=1S/C13H22N2O2/c1-5-16-9-13(14-4)11-6-12(8-15-7-11)17-10(2)3/h6-8,10,13-14H,5,9H2,1-4H3. The van der Waals surface area contributed by atoms with Crippen LogP contribution in [0, 0.1) is 0 Å². The fourth-order valence-corrected chi connectivity index (χ4v) is 1.54. The predicted octanol–water partition coefficient (Wildman–Crippen LogP) is 2.17. The minimum atomic E-state index is 0.151. The SMILES string of the molecule is CCOCC(NC)c1cncc(OC(C)C)c1. The van der Waals surface area contributed by atoms with E-state index in [-0.39, 0.29) is 12.1 Å². The molecule has 0 radical (unpaired) electrons. The number of nitrogens with zero attached hydrogens (tertiary/aromatic N) is 1. The second kappa shape index (κ2) is 7.25. The largest absolute Gasteiger partial charge is 0.489 e. The van der Waals surface area contributed by atoms with Crippen molar-refractivity contribution in [2.24, 2.45) is 0 Å². The van der Waals surface area contributed by atoms with Crippen LogP contribution in [0.25, 0.3) is 0 Å². The third-order valence-electron chi connectivity index (χ3n) is 2.35. The average molecular weight is 238 g/mol. The summed E-state index contributed by atoms with van der Waals surface area (Å²) in [5.41, 5.74) is 1.08. The Bertz CT molecular complexity index is 329. The molecular formula is C13H22N2O2. The lowest BCUT2D eigenvalue weighted by molar-refractivity contribution is 0.125. The van der Waals surface area contributed by atoms with Gasteiger partial charge in [-0.3, -0.25) is 4.98 Å². The smallest absolute Gasteiger partial charge is 0.138 e. The Kier molecular flexibility index (Phi) is 5.94. The van der Waals surface area contributed by atoms with E-state index in [0.717, 1.165) is 11.3 Å². The van der Waals surface area contributed by atoms with Crippen LogP contribution in [0.1, 0.15) is 32.4 Å². The lowest BCUT2D eigenvalue weighted by Crippen LogP contribution is -2.22. The second-order valence-electron chi connectivity index (χ2n) is 4.12. The molecule has 0 spiro atoms. The molecule has 1 aromatic rings. The zero-order valence-electron chi connectivity index (χ0n) is 11.1. The van der Waals surface area contributed by atoms with Crippen LogP contribution >= 0.6 is 0 Å². The lowest BCUT2D eigenvalue weighted by atomic mass is 10.1. The summed E-state index contributed by atoms with van der Waals surface area (Å²) in [6.07, 6.45) is 3.73. The van der Waals surface area contributed by atoms with Gasteiger partial charge in [-0.2, -0.15) is 0 Å². The number of likely N-dealkylation sites (N-methyl/N-ethyl adjacent to an activating group) is 1. The lowest BCUT2D eigenvalue weighted by Gasteiger charge is -2.17. The monoisotopic (exact) mass is 238 g/mol. The molecule has 1 atom stereocenters. The van der Waals surface area contributed by atoms with Crippen LogP contribution in [-0.4, -0.2) is 31.3 Å². The highest BCUT2D eigenvalue weighted by Crippen LogP contribution is 2.18. The fourth-order valence-electron chi connectivity index (χ4n) is 1.54. The highest BCUT2D eigenvalue weighted by atomic mass is 16.5. The maximum Gasteiger partial charge on any atom is 0.138 e. The molecule has 4 heteroatoms. The number of aromatic nitrogens is 1. The van der Waals surface area contributed by atoms with Gasteiger partial charge in [0, 0.05) is 12.8 Å². The van der Waals surface area contributed by atoms with Crippen molar-refractivity contribution >= 4 is 0 Å². The number of hydrogen-bond acceptors (Lipinski definition) is 4. The van der Waals surface area contributed by atoms with Gasteiger partial charge in [-0.05, 0) is 39.4 Å². The zero-order valence-corrected chi connectivity index (χ0v) is 11.1. The van der Waals surface area contributed by atoms with Gasteiger partial charge < -0.3 is 14.8 Å². The number of ether oxygens (including phenoxy) is 2. The Balaban J connectivity index is 2.73. The molecule has 96 valence electrons. The highest BCUT2D eigenvalue weighted by molar-refractivity contribution is 5.26. The molecule has 0 saturated carbocycles. The van der Waals surface area contributed by atoms with Crippen molar-refractivity contribution in [3.05, 3.63) is 24.0 Å². The van der Waals surface area contributed by atoms with E-state index >= 15 is 0 Å². The van der Waals surface area contributed by atoms with E-state index in [1.54, 1.807) is 6.20 Å². The summed E-state index contributed by atoms with van der Waals surface area (Å²) in [6.45, 7) is 7.35. The topological polar surface area (TPSA) is 43.4 Å². The van der Waals surface area contributed by atoms with E-state index in [1.165, 1.54) is 0 Å². The summed E-state index contributed by atoms with van der Waals surface area (Å²) in [7, 11) is 1.92. The van der Waals surface area contributed by atoms with Gasteiger partial charge in [-0.15, -0.1) is 0 Å².